The highest BCUT2D eigenvalue weighted by Crippen LogP contribution is 2.43. The first-order valence-electron chi connectivity index (χ1n) is 22.9. The van der Waals surface area contributed by atoms with E-state index in [0.717, 1.165) is 55.5 Å². The number of furan rings is 1. The Hall–Kier alpha value is -8.46. The predicted molar refractivity (Wildman–Crippen MR) is 280 cm³/mol. The van der Waals surface area contributed by atoms with Crippen molar-refractivity contribution in [2.45, 2.75) is 0 Å². The van der Waals surface area contributed by atoms with Crippen LogP contribution in [-0.4, -0.2) is 0 Å². The molecular weight excluding hydrogens is 799 g/mol. The molecule has 2 atom stereocenters. The molecule has 0 N–H and O–H groups in total. The van der Waals surface area contributed by atoms with Crippen LogP contribution < -0.4 is 4.90 Å². The zero-order valence-corrected chi connectivity index (χ0v) is 36.2. The lowest BCUT2D eigenvalue weighted by Crippen LogP contribution is -2.11. The number of hydrogen-bond acceptors (Lipinski definition) is 2. The van der Waals surface area contributed by atoms with Crippen LogP contribution in [0.4, 0.5) is 17.1 Å². The van der Waals surface area contributed by atoms with Crippen molar-refractivity contribution < 1.29 is 4.42 Å². The van der Waals surface area contributed by atoms with E-state index in [1.807, 2.05) is 0 Å². The SMILES string of the molecule is C1=CC2C=CC(c3cccc(-c4ccc(N(c5ccc(-c6cc7ccccc7c7ccccc67)cc5)c5ccc(-c6cccc7oc8c9ccccc9ccc8c67)cc5)cc4)c3)=CC2C=C1. The van der Waals surface area contributed by atoms with E-state index >= 15 is 0 Å². The normalized spacial score (nSPS) is 15.5. The Kier molecular flexibility index (Phi) is 9.02. The van der Waals surface area contributed by atoms with Gasteiger partial charge in [0.2, 0.25) is 0 Å². The van der Waals surface area contributed by atoms with Gasteiger partial charge in [-0.25, -0.2) is 0 Å². The average Bonchev–Trinajstić information content (AvgIpc) is 3.79. The molecule has 2 aliphatic rings. The number of rotatable bonds is 7. The van der Waals surface area contributed by atoms with E-state index in [4.69, 9.17) is 4.42 Å². The molecule has 0 saturated carbocycles. The first-order chi connectivity index (χ1) is 32.7. The number of benzene rings is 10. The van der Waals surface area contributed by atoms with Crippen molar-refractivity contribution in [3.63, 3.8) is 0 Å². The summed E-state index contributed by atoms with van der Waals surface area (Å²) < 4.78 is 6.57. The molecule has 2 unspecified atom stereocenters. The summed E-state index contributed by atoms with van der Waals surface area (Å²) in [7, 11) is 0. The summed E-state index contributed by atoms with van der Waals surface area (Å²) in [5.74, 6) is 0.842. The maximum atomic E-state index is 6.57. The third-order valence-corrected chi connectivity index (χ3v) is 13.8. The van der Waals surface area contributed by atoms with Gasteiger partial charge in [0.25, 0.3) is 0 Å². The van der Waals surface area contributed by atoms with E-state index in [9.17, 15) is 0 Å². The van der Waals surface area contributed by atoms with Gasteiger partial charge in [0, 0.05) is 45.1 Å². The zero-order valence-electron chi connectivity index (χ0n) is 36.2. The van der Waals surface area contributed by atoms with Gasteiger partial charge in [-0.3, -0.25) is 0 Å². The number of nitrogens with zero attached hydrogens (tertiary/aromatic N) is 1. The van der Waals surface area contributed by atoms with E-state index in [-0.39, 0.29) is 0 Å². The monoisotopic (exact) mass is 841 g/mol. The van der Waals surface area contributed by atoms with Crippen molar-refractivity contribution in [1.82, 2.24) is 0 Å². The summed E-state index contributed by atoms with van der Waals surface area (Å²) in [5.41, 5.74) is 14.7. The highest BCUT2D eigenvalue weighted by atomic mass is 16.3. The Morgan fingerprint density at radius 1 is 0.364 bits per heavy atom. The molecule has 66 heavy (non-hydrogen) atoms. The van der Waals surface area contributed by atoms with Gasteiger partial charge in [-0.15, -0.1) is 0 Å². The van der Waals surface area contributed by atoms with Crippen molar-refractivity contribution in [1.29, 1.82) is 0 Å². The van der Waals surface area contributed by atoms with Crippen LogP contribution in [0.5, 0.6) is 0 Å². The fourth-order valence-electron chi connectivity index (χ4n) is 10.5. The van der Waals surface area contributed by atoms with E-state index in [0.29, 0.717) is 11.8 Å². The molecule has 0 saturated heterocycles. The van der Waals surface area contributed by atoms with Crippen LogP contribution in [0, 0.1) is 11.8 Å². The highest BCUT2D eigenvalue weighted by molar-refractivity contribution is 6.19. The molecule has 2 aliphatic carbocycles. The van der Waals surface area contributed by atoms with Crippen LogP contribution >= 0.6 is 0 Å². The molecule has 0 amide bonds. The molecule has 0 bridgehead atoms. The topological polar surface area (TPSA) is 16.4 Å². The second kappa shape index (κ2) is 15.7. The van der Waals surface area contributed by atoms with Gasteiger partial charge in [-0.1, -0.05) is 188 Å². The molecule has 2 heteroatoms. The minimum absolute atomic E-state index is 0.402. The maximum Gasteiger partial charge on any atom is 0.143 e. The van der Waals surface area contributed by atoms with Crippen LogP contribution in [0.1, 0.15) is 5.56 Å². The second-order valence-electron chi connectivity index (χ2n) is 17.6. The van der Waals surface area contributed by atoms with Gasteiger partial charge in [0.15, 0.2) is 0 Å². The number of anilines is 3. The Morgan fingerprint density at radius 3 is 1.73 bits per heavy atom. The van der Waals surface area contributed by atoms with Gasteiger partial charge in [-0.2, -0.15) is 0 Å². The van der Waals surface area contributed by atoms with Crippen LogP contribution in [0.2, 0.25) is 0 Å². The van der Waals surface area contributed by atoms with Crippen molar-refractivity contribution in [3.05, 3.63) is 254 Å². The fraction of sp³-hybridized carbons (Fsp3) is 0.0312. The Bertz CT molecular complexity index is 3810. The smallest absolute Gasteiger partial charge is 0.143 e. The van der Waals surface area contributed by atoms with Gasteiger partial charge in [0.1, 0.15) is 11.2 Å². The van der Waals surface area contributed by atoms with Crippen molar-refractivity contribution >= 4 is 76.9 Å². The molecule has 310 valence electrons. The Labute approximate surface area is 384 Å². The third kappa shape index (κ3) is 6.49. The molecule has 0 fully saturated rings. The molecule has 0 aliphatic heterocycles. The van der Waals surface area contributed by atoms with Gasteiger partial charge in [0.05, 0.1) is 0 Å². The molecule has 13 rings (SSSR count). The molecule has 1 aromatic heterocycles. The van der Waals surface area contributed by atoms with Gasteiger partial charge >= 0.3 is 0 Å². The van der Waals surface area contributed by atoms with Crippen LogP contribution in [-0.2, 0) is 0 Å². The van der Waals surface area contributed by atoms with E-state index < -0.39 is 0 Å². The highest BCUT2D eigenvalue weighted by Gasteiger charge is 2.20. The standard InChI is InChI=1S/C64H43NO/c1-2-13-47-40-50(24-23-42(47)11-1)49-16-9-15-48(39-49)43-25-32-52(33-26-43)65(54-36-29-46(30-37-54)61-41-51-14-4-5-17-55(51)58-19-7-8-20-59(58)61)53-34-27-45(28-35-53)56-21-10-22-62-63(56)60-38-31-44-12-3-6-18-57(44)64(60)66-62/h1-42,47H. The zero-order chi connectivity index (χ0) is 43.6. The summed E-state index contributed by atoms with van der Waals surface area (Å²) in [4.78, 5) is 2.37. The fourth-order valence-corrected chi connectivity index (χ4v) is 10.5. The Balaban J connectivity index is 0.888. The number of allylic oxidation sites excluding steroid dienone is 8. The largest absolute Gasteiger partial charge is 0.455 e. The van der Waals surface area contributed by atoms with Crippen molar-refractivity contribution in [3.8, 4) is 33.4 Å². The lowest BCUT2D eigenvalue weighted by Gasteiger charge is -2.26. The van der Waals surface area contributed by atoms with Crippen molar-refractivity contribution in [2.24, 2.45) is 11.8 Å². The average molecular weight is 842 g/mol. The molecular formula is C64H43NO. The lowest BCUT2D eigenvalue weighted by molar-refractivity contribution is 0.663. The molecule has 2 nitrogen and oxygen atoms in total. The molecule has 11 aromatic rings. The molecule has 1 heterocycles. The third-order valence-electron chi connectivity index (χ3n) is 13.8. The van der Waals surface area contributed by atoms with E-state index in [2.05, 4.69) is 254 Å². The van der Waals surface area contributed by atoms with Gasteiger partial charge < -0.3 is 9.32 Å². The lowest BCUT2D eigenvalue weighted by atomic mass is 9.81. The number of hydrogen-bond donors (Lipinski definition) is 0. The van der Waals surface area contributed by atoms with E-state index in [1.54, 1.807) is 0 Å². The Morgan fingerprint density at radius 2 is 0.970 bits per heavy atom. The molecule has 10 aromatic carbocycles. The second-order valence-corrected chi connectivity index (χ2v) is 17.6. The summed E-state index contributed by atoms with van der Waals surface area (Å²) in [6, 6.07) is 75.1. The summed E-state index contributed by atoms with van der Waals surface area (Å²) in [6.45, 7) is 0. The minimum Gasteiger partial charge on any atom is -0.455 e. The van der Waals surface area contributed by atoms with Crippen LogP contribution in [0.3, 0.4) is 0 Å². The molecule has 0 radical (unpaired) electrons. The minimum atomic E-state index is 0.402. The predicted octanol–water partition coefficient (Wildman–Crippen LogP) is 17.8. The number of fused-ring (bicyclic) bond motifs is 9. The quantitative estimate of drug-likeness (QED) is 0.149. The van der Waals surface area contributed by atoms with E-state index in [1.165, 1.54) is 60.3 Å². The molecule has 0 spiro atoms. The maximum absolute atomic E-state index is 6.57. The summed E-state index contributed by atoms with van der Waals surface area (Å²) in [6.07, 6.45) is 15.9. The van der Waals surface area contributed by atoms with Gasteiger partial charge in [-0.05, 0) is 132 Å². The van der Waals surface area contributed by atoms with Crippen LogP contribution in [0.15, 0.2) is 253 Å². The van der Waals surface area contributed by atoms with Crippen molar-refractivity contribution in [2.75, 3.05) is 4.90 Å². The first kappa shape index (κ1) is 38.0. The van der Waals surface area contributed by atoms with Crippen LogP contribution in [0.25, 0.3) is 93.2 Å². The summed E-state index contributed by atoms with van der Waals surface area (Å²) >= 11 is 0. The first-order valence-corrected chi connectivity index (χ1v) is 22.9. The summed E-state index contributed by atoms with van der Waals surface area (Å²) in [5, 5.41) is 9.64.